The third kappa shape index (κ3) is 4.95. The van der Waals surface area contributed by atoms with Crippen molar-refractivity contribution in [1.29, 1.82) is 0 Å². The Morgan fingerprint density at radius 1 is 1.04 bits per heavy atom. The van der Waals surface area contributed by atoms with E-state index in [-0.39, 0.29) is 5.02 Å². The lowest BCUT2D eigenvalue weighted by atomic mass is 10.1. The molecule has 27 heavy (non-hydrogen) atoms. The van der Waals surface area contributed by atoms with Crippen LogP contribution in [0.1, 0.15) is 23.6 Å². The molecule has 0 saturated heterocycles. The maximum Gasteiger partial charge on any atom is 0.416 e. The first-order chi connectivity index (χ1) is 12.5. The molecule has 0 heterocycles. The van der Waals surface area contributed by atoms with E-state index in [1.54, 1.807) is 18.3 Å². The van der Waals surface area contributed by atoms with Gasteiger partial charge in [-0.3, -0.25) is 0 Å². The zero-order chi connectivity index (χ0) is 20.4. The smallest absolute Gasteiger partial charge is 0.366 e. The van der Waals surface area contributed by atoms with Crippen LogP contribution in [0.3, 0.4) is 0 Å². The highest BCUT2D eigenvalue weighted by Crippen LogP contribution is 2.38. The second-order valence-electron chi connectivity index (χ2n) is 6.47. The highest BCUT2D eigenvalue weighted by molar-refractivity contribution is 6.33. The standard InChI is InChI=1S/C20H23ClF3N3/c1-6-26(4)12-25-17-9-14(3)19(10-13(17)2)27(5)18-8-7-15(11-16(18)21)20(22,23)24/h7-12H,6H2,1-5H3/b25-12-. The van der Waals surface area contributed by atoms with Crippen LogP contribution in [0, 0.1) is 13.8 Å². The molecule has 0 saturated carbocycles. The van der Waals surface area contributed by atoms with Gasteiger partial charge in [0.25, 0.3) is 0 Å². The average molecular weight is 398 g/mol. The van der Waals surface area contributed by atoms with E-state index in [0.29, 0.717) is 5.69 Å². The van der Waals surface area contributed by atoms with E-state index in [1.807, 2.05) is 44.9 Å². The van der Waals surface area contributed by atoms with Gasteiger partial charge in [0.1, 0.15) is 0 Å². The van der Waals surface area contributed by atoms with E-state index in [4.69, 9.17) is 11.6 Å². The topological polar surface area (TPSA) is 18.8 Å². The Kier molecular flexibility index (Phi) is 6.42. The van der Waals surface area contributed by atoms with Crippen LogP contribution in [0.2, 0.25) is 5.02 Å². The first-order valence-corrected chi connectivity index (χ1v) is 8.88. The molecular formula is C20H23ClF3N3. The molecule has 146 valence electrons. The fourth-order valence-electron chi connectivity index (χ4n) is 2.61. The van der Waals surface area contributed by atoms with E-state index in [1.165, 1.54) is 6.07 Å². The van der Waals surface area contributed by atoms with Crippen LogP contribution in [-0.4, -0.2) is 31.9 Å². The van der Waals surface area contributed by atoms with Gasteiger partial charge in [0, 0.05) is 26.3 Å². The van der Waals surface area contributed by atoms with Crippen LogP contribution in [0.4, 0.5) is 30.2 Å². The molecule has 0 aliphatic carbocycles. The summed E-state index contributed by atoms with van der Waals surface area (Å²) in [4.78, 5) is 8.26. The Morgan fingerprint density at radius 3 is 2.26 bits per heavy atom. The third-order valence-corrected chi connectivity index (χ3v) is 4.71. The Morgan fingerprint density at radius 2 is 1.70 bits per heavy atom. The van der Waals surface area contributed by atoms with Crippen LogP contribution in [0.15, 0.2) is 35.3 Å². The molecule has 3 nitrogen and oxygen atoms in total. The van der Waals surface area contributed by atoms with E-state index in [2.05, 4.69) is 4.99 Å². The minimum atomic E-state index is -4.42. The maximum atomic E-state index is 12.9. The number of aliphatic imine (C=N–C) groups is 1. The maximum absolute atomic E-state index is 12.9. The molecule has 2 rings (SSSR count). The van der Waals surface area contributed by atoms with Crippen molar-refractivity contribution >= 4 is 35.0 Å². The molecule has 0 atom stereocenters. The van der Waals surface area contributed by atoms with Crippen molar-refractivity contribution < 1.29 is 13.2 Å². The fourth-order valence-corrected chi connectivity index (χ4v) is 2.92. The Hall–Kier alpha value is -2.21. The van der Waals surface area contributed by atoms with Gasteiger partial charge >= 0.3 is 6.18 Å². The van der Waals surface area contributed by atoms with Gasteiger partial charge in [-0.05, 0) is 62.2 Å². The number of benzene rings is 2. The van der Waals surface area contributed by atoms with Gasteiger partial charge < -0.3 is 9.80 Å². The van der Waals surface area contributed by atoms with Gasteiger partial charge in [0.15, 0.2) is 0 Å². The molecule has 0 aliphatic heterocycles. The van der Waals surface area contributed by atoms with Crippen molar-refractivity contribution in [1.82, 2.24) is 4.90 Å². The van der Waals surface area contributed by atoms with E-state index in [0.717, 1.165) is 41.2 Å². The molecule has 0 radical (unpaired) electrons. The molecule has 2 aromatic carbocycles. The number of aryl methyl sites for hydroxylation is 2. The second kappa shape index (κ2) is 8.21. The van der Waals surface area contributed by atoms with Crippen molar-refractivity contribution in [3.63, 3.8) is 0 Å². The lowest BCUT2D eigenvalue weighted by Gasteiger charge is -2.24. The van der Waals surface area contributed by atoms with Crippen molar-refractivity contribution in [3.8, 4) is 0 Å². The van der Waals surface area contributed by atoms with Crippen molar-refractivity contribution in [2.45, 2.75) is 26.9 Å². The predicted octanol–water partition coefficient (Wildman–Crippen LogP) is 6.36. The summed E-state index contributed by atoms with van der Waals surface area (Å²) in [6.07, 6.45) is -2.64. The summed E-state index contributed by atoms with van der Waals surface area (Å²) in [5.41, 5.74) is 3.37. The fraction of sp³-hybridized carbons (Fsp3) is 0.350. The lowest BCUT2D eigenvalue weighted by molar-refractivity contribution is -0.137. The van der Waals surface area contributed by atoms with Crippen LogP contribution < -0.4 is 4.90 Å². The minimum absolute atomic E-state index is 0.0519. The molecule has 2 aromatic rings. The van der Waals surface area contributed by atoms with E-state index in [9.17, 15) is 13.2 Å². The average Bonchev–Trinajstić information content (AvgIpc) is 2.60. The normalized spacial score (nSPS) is 11.9. The number of anilines is 2. The lowest BCUT2D eigenvalue weighted by Crippen LogP contribution is -2.14. The van der Waals surface area contributed by atoms with Crippen LogP contribution in [0.5, 0.6) is 0 Å². The Balaban J connectivity index is 2.38. The molecule has 0 spiro atoms. The van der Waals surface area contributed by atoms with Gasteiger partial charge in [-0.25, -0.2) is 4.99 Å². The highest BCUT2D eigenvalue weighted by Gasteiger charge is 2.31. The molecule has 7 heteroatoms. The first-order valence-electron chi connectivity index (χ1n) is 8.50. The molecular weight excluding hydrogens is 375 g/mol. The van der Waals surface area contributed by atoms with Crippen LogP contribution in [0.25, 0.3) is 0 Å². The van der Waals surface area contributed by atoms with Crippen molar-refractivity contribution in [2.24, 2.45) is 4.99 Å². The quantitative estimate of drug-likeness (QED) is 0.432. The highest BCUT2D eigenvalue weighted by atomic mass is 35.5. The van der Waals surface area contributed by atoms with Gasteiger partial charge in [-0.2, -0.15) is 13.2 Å². The Bertz CT molecular complexity index is 847. The summed E-state index contributed by atoms with van der Waals surface area (Å²) < 4.78 is 38.6. The van der Waals surface area contributed by atoms with Crippen molar-refractivity contribution in [2.75, 3.05) is 25.5 Å². The van der Waals surface area contributed by atoms with Crippen LogP contribution in [-0.2, 0) is 6.18 Å². The summed E-state index contributed by atoms with van der Waals surface area (Å²) in [5, 5.41) is 0.0519. The third-order valence-electron chi connectivity index (χ3n) is 4.40. The number of hydrogen-bond acceptors (Lipinski definition) is 2. The monoisotopic (exact) mass is 397 g/mol. The van der Waals surface area contributed by atoms with Gasteiger partial charge in [-0.1, -0.05) is 11.6 Å². The number of alkyl halides is 3. The number of rotatable bonds is 5. The number of nitrogens with zero attached hydrogens (tertiary/aromatic N) is 3. The second-order valence-corrected chi connectivity index (χ2v) is 6.87. The van der Waals surface area contributed by atoms with E-state index < -0.39 is 11.7 Å². The summed E-state index contributed by atoms with van der Waals surface area (Å²) in [6, 6.07) is 7.30. The Labute approximate surface area is 163 Å². The zero-order valence-electron chi connectivity index (χ0n) is 16.0. The first kappa shape index (κ1) is 21.1. The molecule has 0 aliphatic rings. The number of halogens is 4. The summed E-state index contributed by atoms with van der Waals surface area (Å²) >= 11 is 6.13. The summed E-state index contributed by atoms with van der Waals surface area (Å²) in [6.45, 7) is 6.78. The molecule has 0 aromatic heterocycles. The van der Waals surface area contributed by atoms with E-state index >= 15 is 0 Å². The largest absolute Gasteiger partial charge is 0.416 e. The van der Waals surface area contributed by atoms with Gasteiger partial charge in [-0.15, -0.1) is 0 Å². The summed E-state index contributed by atoms with van der Waals surface area (Å²) in [7, 11) is 3.73. The SMILES string of the molecule is CCN(C)/C=N\c1cc(C)c(N(C)c2ccc(C(F)(F)F)cc2Cl)cc1C. The van der Waals surface area contributed by atoms with Crippen LogP contribution >= 0.6 is 11.6 Å². The minimum Gasteiger partial charge on any atom is -0.366 e. The molecule has 0 bridgehead atoms. The van der Waals surface area contributed by atoms with Gasteiger partial charge in [0.2, 0.25) is 0 Å². The molecule has 0 N–H and O–H groups in total. The zero-order valence-corrected chi connectivity index (χ0v) is 16.8. The van der Waals surface area contributed by atoms with Crippen molar-refractivity contribution in [3.05, 3.63) is 52.0 Å². The molecule has 0 amide bonds. The van der Waals surface area contributed by atoms with Gasteiger partial charge in [0.05, 0.1) is 28.3 Å². The predicted molar refractivity (Wildman–Crippen MR) is 107 cm³/mol. The number of hydrogen-bond donors (Lipinski definition) is 0. The molecule has 0 unspecified atom stereocenters. The molecule has 0 fully saturated rings. The summed E-state index contributed by atoms with van der Waals surface area (Å²) in [5.74, 6) is 0.